The van der Waals surface area contributed by atoms with Crippen molar-refractivity contribution < 1.29 is 13.2 Å². The van der Waals surface area contributed by atoms with Crippen LogP contribution in [0.3, 0.4) is 0 Å². The van der Waals surface area contributed by atoms with Gasteiger partial charge in [0.1, 0.15) is 0 Å². The highest BCUT2D eigenvalue weighted by atomic mass is 32.2. The minimum Gasteiger partial charge on any atom is -0.373 e. The lowest BCUT2D eigenvalue weighted by Gasteiger charge is -2.38. The van der Waals surface area contributed by atoms with Gasteiger partial charge in [-0.2, -0.15) is 17.0 Å². The quantitative estimate of drug-likeness (QED) is 0.830. The summed E-state index contributed by atoms with van der Waals surface area (Å²) in [4.78, 5) is 1.32. The highest BCUT2D eigenvalue weighted by Crippen LogP contribution is 2.27. The molecule has 0 bridgehead atoms. The summed E-state index contributed by atoms with van der Waals surface area (Å²) < 4.78 is 34.3. The summed E-state index contributed by atoms with van der Waals surface area (Å²) >= 11 is 1.72. The monoisotopic (exact) mass is 316 g/mol. The van der Waals surface area contributed by atoms with Crippen molar-refractivity contribution in [2.24, 2.45) is 0 Å². The Labute approximate surface area is 124 Å². The van der Waals surface area contributed by atoms with Crippen molar-refractivity contribution in [3.63, 3.8) is 0 Å². The third kappa shape index (κ3) is 2.65. The number of thiophene rings is 1. The van der Waals surface area contributed by atoms with Gasteiger partial charge in [-0.3, -0.25) is 0 Å². The molecule has 2 aliphatic rings. The molecule has 20 heavy (non-hydrogen) atoms. The van der Waals surface area contributed by atoms with Crippen LogP contribution in [0.25, 0.3) is 0 Å². The molecule has 1 fully saturated rings. The Morgan fingerprint density at radius 1 is 1.25 bits per heavy atom. The van der Waals surface area contributed by atoms with E-state index in [2.05, 4.69) is 0 Å². The molecule has 2 aliphatic heterocycles. The van der Waals surface area contributed by atoms with Gasteiger partial charge in [0.05, 0.1) is 12.2 Å². The fourth-order valence-corrected chi connectivity index (χ4v) is 5.54. The van der Waals surface area contributed by atoms with Crippen LogP contribution in [0.2, 0.25) is 0 Å². The lowest BCUT2D eigenvalue weighted by atomic mass is 10.1. The molecule has 0 aromatic carbocycles. The van der Waals surface area contributed by atoms with Crippen LogP contribution in [0.15, 0.2) is 11.4 Å². The molecule has 0 radical (unpaired) electrons. The zero-order chi connectivity index (χ0) is 14.3. The molecular weight excluding hydrogens is 296 g/mol. The molecule has 5 nitrogen and oxygen atoms in total. The van der Waals surface area contributed by atoms with Gasteiger partial charge >= 0.3 is 0 Å². The first kappa shape index (κ1) is 14.5. The molecule has 1 aromatic rings. The van der Waals surface area contributed by atoms with Crippen molar-refractivity contribution in [3.05, 3.63) is 21.9 Å². The maximum absolute atomic E-state index is 12.8. The van der Waals surface area contributed by atoms with Gasteiger partial charge in [-0.25, -0.2) is 0 Å². The third-order valence-corrected chi connectivity index (χ3v) is 6.75. The molecule has 0 spiro atoms. The Morgan fingerprint density at radius 3 is 2.65 bits per heavy atom. The molecule has 0 N–H and O–H groups in total. The van der Waals surface area contributed by atoms with E-state index in [0.717, 1.165) is 12.0 Å². The van der Waals surface area contributed by atoms with E-state index >= 15 is 0 Å². The maximum atomic E-state index is 12.8. The van der Waals surface area contributed by atoms with E-state index in [1.54, 1.807) is 19.9 Å². The molecule has 3 heterocycles. The van der Waals surface area contributed by atoms with Gasteiger partial charge in [0.25, 0.3) is 10.2 Å². The molecule has 3 rings (SSSR count). The summed E-state index contributed by atoms with van der Waals surface area (Å²) in [6, 6.07) is 2.03. The van der Waals surface area contributed by atoms with E-state index in [9.17, 15) is 8.42 Å². The van der Waals surface area contributed by atoms with Crippen molar-refractivity contribution in [1.29, 1.82) is 0 Å². The Morgan fingerprint density at radius 2 is 1.95 bits per heavy atom. The molecule has 0 aliphatic carbocycles. The molecule has 112 valence electrons. The fraction of sp³-hybridized carbons (Fsp3) is 0.692. The smallest absolute Gasteiger partial charge is 0.282 e. The van der Waals surface area contributed by atoms with E-state index in [0.29, 0.717) is 26.2 Å². The topological polar surface area (TPSA) is 49.9 Å². The average Bonchev–Trinajstić information content (AvgIpc) is 2.84. The number of rotatable bonds is 2. The number of nitrogens with zero attached hydrogens (tertiary/aromatic N) is 2. The summed E-state index contributed by atoms with van der Waals surface area (Å²) in [5.41, 5.74) is 1.15. The zero-order valence-electron chi connectivity index (χ0n) is 11.8. The van der Waals surface area contributed by atoms with E-state index in [4.69, 9.17) is 4.74 Å². The van der Waals surface area contributed by atoms with Crippen LogP contribution in [0, 0.1) is 0 Å². The van der Waals surface area contributed by atoms with Gasteiger partial charge in [0.15, 0.2) is 0 Å². The van der Waals surface area contributed by atoms with Crippen LogP contribution in [0.4, 0.5) is 0 Å². The van der Waals surface area contributed by atoms with Crippen molar-refractivity contribution in [2.45, 2.75) is 39.0 Å². The predicted octanol–water partition coefficient (Wildman–Crippen LogP) is 1.46. The van der Waals surface area contributed by atoms with Crippen LogP contribution in [0.5, 0.6) is 0 Å². The van der Waals surface area contributed by atoms with Crippen LogP contribution < -0.4 is 0 Å². The van der Waals surface area contributed by atoms with E-state index in [1.807, 2.05) is 25.3 Å². The third-order valence-electron chi connectivity index (χ3n) is 3.81. The second kappa shape index (κ2) is 5.38. The largest absolute Gasteiger partial charge is 0.373 e. The van der Waals surface area contributed by atoms with Gasteiger partial charge in [-0.1, -0.05) is 0 Å². The number of hydrogen-bond acceptors (Lipinski definition) is 4. The summed E-state index contributed by atoms with van der Waals surface area (Å²) in [5, 5.41) is 2.04. The second-order valence-corrected chi connectivity index (χ2v) is 8.46. The highest BCUT2D eigenvalue weighted by molar-refractivity contribution is 7.86. The van der Waals surface area contributed by atoms with Gasteiger partial charge in [-0.15, -0.1) is 11.3 Å². The van der Waals surface area contributed by atoms with E-state index in [-0.39, 0.29) is 12.2 Å². The molecule has 1 saturated heterocycles. The Kier molecular flexibility index (Phi) is 3.89. The lowest BCUT2D eigenvalue weighted by molar-refractivity contribution is -0.0455. The number of fused-ring (bicyclic) bond motifs is 1. The number of morpholine rings is 1. The standard InChI is InChI=1S/C13H20N2O3S2/c1-10-7-15(8-11(2)18-10)20(16,17)14-5-3-13-12(9-14)4-6-19-13/h4,6,10-11H,3,5,7-9H2,1-2H3/t10-,11+. The normalized spacial score (nSPS) is 29.3. The van der Waals surface area contributed by atoms with E-state index < -0.39 is 10.2 Å². The molecule has 2 atom stereocenters. The average molecular weight is 316 g/mol. The van der Waals surface area contributed by atoms with Gasteiger partial charge in [0.2, 0.25) is 0 Å². The Hall–Kier alpha value is -0.470. The minimum absolute atomic E-state index is 0.0463. The van der Waals surface area contributed by atoms with Crippen LogP contribution >= 0.6 is 11.3 Å². The first-order chi connectivity index (χ1) is 9.46. The van der Waals surface area contributed by atoms with Gasteiger partial charge < -0.3 is 4.74 Å². The van der Waals surface area contributed by atoms with Gasteiger partial charge in [-0.05, 0) is 37.3 Å². The molecule has 1 aromatic heterocycles. The highest BCUT2D eigenvalue weighted by Gasteiger charge is 2.36. The maximum Gasteiger partial charge on any atom is 0.282 e. The molecule has 0 amide bonds. The van der Waals surface area contributed by atoms with Crippen molar-refractivity contribution >= 4 is 21.5 Å². The lowest BCUT2D eigenvalue weighted by Crippen LogP contribution is -2.53. The second-order valence-electron chi connectivity index (χ2n) is 5.53. The van der Waals surface area contributed by atoms with Gasteiger partial charge in [0, 0.05) is 31.1 Å². The zero-order valence-corrected chi connectivity index (χ0v) is 13.4. The molecular formula is C13H20N2O3S2. The first-order valence-electron chi connectivity index (χ1n) is 6.92. The van der Waals surface area contributed by atoms with Crippen LogP contribution in [0.1, 0.15) is 24.3 Å². The number of ether oxygens (including phenoxy) is 1. The van der Waals surface area contributed by atoms with Crippen molar-refractivity contribution in [2.75, 3.05) is 19.6 Å². The summed E-state index contributed by atoms with van der Waals surface area (Å²) in [6.45, 7) is 5.81. The predicted molar refractivity (Wildman–Crippen MR) is 78.9 cm³/mol. The van der Waals surface area contributed by atoms with Crippen LogP contribution in [-0.4, -0.2) is 48.9 Å². The Bertz CT molecular complexity index is 574. The first-order valence-corrected chi connectivity index (χ1v) is 9.20. The van der Waals surface area contributed by atoms with Crippen molar-refractivity contribution in [1.82, 2.24) is 8.61 Å². The molecule has 0 saturated carbocycles. The summed E-state index contributed by atoms with van der Waals surface area (Å²) in [7, 11) is -3.38. The van der Waals surface area contributed by atoms with Crippen LogP contribution in [-0.2, 0) is 27.9 Å². The Balaban J connectivity index is 1.79. The summed E-state index contributed by atoms with van der Waals surface area (Å²) in [5.74, 6) is 0. The molecule has 0 unspecified atom stereocenters. The van der Waals surface area contributed by atoms with Crippen molar-refractivity contribution in [3.8, 4) is 0 Å². The number of hydrogen-bond donors (Lipinski definition) is 0. The van der Waals surface area contributed by atoms with E-state index in [1.165, 1.54) is 4.88 Å². The fourth-order valence-electron chi connectivity index (χ4n) is 2.90. The minimum atomic E-state index is -3.38. The summed E-state index contributed by atoms with van der Waals surface area (Å²) in [6.07, 6.45) is 0.729. The molecule has 7 heteroatoms. The SMILES string of the molecule is C[C@@H]1CN(S(=O)(=O)N2CCc3sccc3C2)C[C@H](C)O1.